The number of carbonyl (C=O) groups excluding carboxylic acids is 1. The molecule has 0 saturated carbocycles. The molecule has 1 amide bonds. The zero-order valence-corrected chi connectivity index (χ0v) is 12.9. The predicted octanol–water partition coefficient (Wildman–Crippen LogP) is 3.91. The molecule has 2 rings (SSSR count). The standard InChI is InChI=1S/C17H21F3N2O/c18-13-6-7-14(17(20)16(13)19)22-15(23)9-11-21-10-8-12-4-2-1-3-5-12/h4,6-7,21H,1-3,5,8-11H2,(H,22,23). The lowest BCUT2D eigenvalue weighted by atomic mass is 9.97. The van der Waals surface area contributed by atoms with Gasteiger partial charge in [0.05, 0.1) is 5.69 Å². The van der Waals surface area contributed by atoms with Gasteiger partial charge in [0.15, 0.2) is 17.5 Å². The average Bonchev–Trinajstić information content (AvgIpc) is 2.56. The van der Waals surface area contributed by atoms with Crippen LogP contribution in [-0.2, 0) is 4.79 Å². The fourth-order valence-corrected chi connectivity index (χ4v) is 2.54. The number of hydrogen-bond acceptors (Lipinski definition) is 2. The van der Waals surface area contributed by atoms with E-state index in [-0.39, 0.29) is 12.1 Å². The number of allylic oxidation sites excluding steroid dienone is 1. The molecule has 0 bridgehead atoms. The van der Waals surface area contributed by atoms with Crippen LogP contribution < -0.4 is 10.6 Å². The Morgan fingerprint density at radius 3 is 2.65 bits per heavy atom. The van der Waals surface area contributed by atoms with Crippen molar-refractivity contribution in [1.29, 1.82) is 0 Å². The summed E-state index contributed by atoms with van der Waals surface area (Å²) in [6.07, 6.45) is 8.20. The van der Waals surface area contributed by atoms with E-state index >= 15 is 0 Å². The highest BCUT2D eigenvalue weighted by Gasteiger charge is 2.14. The van der Waals surface area contributed by atoms with Gasteiger partial charge < -0.3 is 10.6 Å². The van der Waals surface area contributed by atoms with Gasteiger partial charge in [-0.1, -0.05) is 11.6 Å². The molecule has 23 heavy (non-hydrogen) atoms. The van der Waals surface area contributed by atoms with Gasteiger partial charge in [-0.2, -0.15) is 0 Å². The number of rotatable bonds is 7. The van der Waals surface area contributed by atoms with Crippen LogP contribution in [0.25, 0.3) is 0 Å². The molecule has 0 spiro atoms. The summed E-state index contributed by atoms with van der Waals surface area (Å²) >= 11 is 0. The van der Waals surface area contributed by atoms with Gasteiger partial charge >= 0.3 is 0 Å². The molecule has 0 radical (unpaired) electrons. The molecule has 0 atom stereocenters. The Hall–Kier alpha value is -1.82. The van der Waals surface area contributed by atoms with E-state index in [4.69, 9.17) is 0 Å². The summed E-state index contributed by atoms with van der Waals surface area (Å²) in [6.45, 7) is 1.24. The largest absolute Gasteiger partial charge is 0.323 e. The Morgan fingerprint density at radius 1 is 1.09 bits per heavy atom. The molecule has 2 N–H and O–H groups in total. The Morgan fingerprint density at radius 2 is 1.91 bits per heavy atom. The average molecular weight is 326 g/mol. The quantitative estimate of drug-likeness (QED) is 0.453. The van der Waals surface area contributed by atoms with E-state index in [0.717, 1.165) is 37.9 Å². The molecule has 1 aromatic rings. The molecule has 0 aliphatic heterocycles. The second-order valence-corrected chi connectivity index (χ2v) is 5.63. The monoisotopic (exact) mass is 326 g/mol. The Balaban J connectivity index is 1.67. The molecule has 0 fully saturated rings. The lowest BCUT2D eigenvalue weighted by Gasteiger charge is -2.13. The number of amides is 1. The van der Waals surface area contributed by atoms with Gasteiger partial charge in [0.1, 0.15) is 0 Å². The van der Waals surface area contributed by atoms with Gasteiger partial charge in [0.2, 0.25) is 5.91 Å². The van der Waals surface area contributed by atoms with Crippen molar-refractivity contribution in [3.63, 3.8) is 0 Å². The van der Waals surface area contributed by atoms with E-state index in [9.17, 15) is 18.0 Å². The number of anilines is 1. The second kappa shape index (κ2) is 8.72. The molecular formula is C17H21F3N2O. The van der Waals surface area contributed by atoms with Crippen LogP contribution in [0.5, 0.6) is 0 Å². The summed E-state index contributed by atoms with van der Waals surface area (Å²) in [4.78, 5) is 11.7. The van der Waals surface area contributed by atoms with Crippen LogP contribution in [0.15, 0.2) is 23.8 Å². The van der Waals surface area contributed by atoms with Crippen LogP contribution in [0.2, 0.25) is 0 Å². The van der Waals surface area contributed by atoms with E-state index in [0.29, 0.717) is 6.54 Å². The lowest BCUT2D eigenvalue weighted by Crippen LogP contribution is -2.23. The van der Waals surface area contributed by atoms with Crippen LogP contribution in [0.4, 0.5) is 18.9 Å². The molecule has 0 heterocycles. The van der Waals surface area contributed by atoms with Crippen LogP contribution in [0.3, 0.4) is 0 Å². The minimum Gasteiger partial charge on any atom is -0.323 e. The highest BCUT2D eigenvalue weighted by Crippen LogP contribution is 2.20. The molecule has 0 aromatic heterocycles. The highest BCUT2D eigenvalue weighted by atomic mass is 19.2. The summed E-state index contributed by atoms with van der Waals surface area (Å²) < 4.78 is 39.3. The van der Waals surface area contributed by atoms with Crippen LogP contribution in [0, 0.1) is 17.5 Å². The minimum atomic E-state index is -1.58. The van der Waals surface area contributed by atoms with Gasteiger partial charge in [0, 0.05) is 13.0 Å². The molecule has 0 saturated heterocycles. The lowest BCUT2D eigenvalue weighted by molar-refractivity contribution is -0.116. The first kappa shape index (κ1) is 17.5. The third-order valence-electron chi connectivity index (χ3n) is 3.85. The van der Waals surface area contributed by atoms with E-state index in [1.807, 2.05) is 0 Å². The predicted molar refractivity (Wildman–Crippen MR) is 83.6 cm³/mol. The third-order valence-corrected chi connectivity index (χ3v) is 3.85. The van der Waals surface area contributed by atoms with Crippen molar-refractivity contribution in [1.82, 2.24) is 5.32 Å². The Kier molecular flexibility index (Phi) is 6.65. The Labute approximate surface area is 134 Å². The van der Waals surface area contributed by atoms with E-state index in [2.05, 4.69) is 16.7 Å². The van der Waals surface area contributed by atoms with Crippen molar-refractivity contribution in [3.8, 4) is 0 Å². The molecule has 1 aromatic carbocycles. The summed E-state index contributed by atoms with van der Waals surface area (Å²) in [5.41, 5.74) is 1.11. The minimum absolute atomic E-state index is 0.136. The van der Waals surface area contributed by atoms with E-state index < -0.39 is 23.4 Å². The number of halogens is 3. The maximum atomic E-state index is 13.4. The summed E-state index contributed by atoms with van der Waals surface area (Å²) in [7, 11) is 0. The Bertz CT molecular complexity index is 587. The molecule has 126 valence electrons. The van der Waals surface area contributed by atoms with Gasteiger partial charge in [-0.25, -0.2) is 13.2 Å². The van der Waals surface area contributed by atoms with Crippen molar-refractivity contribution < 1.29 is 18.0 Å². The van der Waals surface area contributed by atoms with E-state index in [1.54, 1.807) is 0 Å². The summed E-state index contributed by atoms with van der Waals surface area (Å²) in [5.74, 6) is -4.68. The fourth-order valence-electron chi connectivity index (χ4n) is 2.54. The van der Waals surface area contributed by atoms with Gasteiger partial charge in [-0.05, 0) is 50.8 Å². The topological polar surface area (TPSA) is 41.1 Å². The van der Waals surface area contributed by atoms with Crippen molar-refractivity contribution in [2.45, 2.75) is 38.5 Å². The van der Waals surface area contributed by atoms with Gasteiger partial charge in [-0.3, -0.25) is 4.79 Å². The van der Waals surface area contributed by atoms with Crippen molar-refractivity contribution >= 4 is 11.6 Å². The number of nitrogens with one attached hydrogen (secondary N) is 2. The zero-order chi connectivity index (χ0) is 16.7. The van der Waals surface area contributed by atoms with Crippen LogP contribution in [-0.4, -0.2) is 19.0 Å². The maximum absolute atomic E-state index is 13.4. The van der Waals surface area contributed by atoms with Crippen LogP contribution in [0.1, 0.15) is 38.5 Å². The third kappa shape index (κ3) is 5.39. The molecule has 1 aliphatic carbocycles. The zero-order valence-electron chi connectivity index (χ0n) is 12.9. The second-order valence-electron chi connectivity index (χ2n) is 5.63. The summed E-state index contributed by atoms with van der Waals surface area (Å²) in [6, 6.07) is 1.79. The SMILES string of the molecule is O=C(CCNCCC1=CCCCC1)Nc1ccc(F)c(F)c1F. The molecule has 0 unspecified atom stereocenters. The molecule has 6 heteroatoms. The summed E-state index contributed by atoms with van der Waals surface area (Å²) in [5, 5.41) is 5.40. The fraction of sp³-hybridized carbons (Fsp3) is 0.471. The van der Waals surface area contributed by atoms with E-state index in [1.165, 1.54) is 18.4 Å². The molecule has 1 aliphatic rings. The van der Waals surface area contributed by atoms with Crippen molar-refractivity contribution in [2.24, 2.45) is 0 Å². The smallest absolute Gasteiger partial charge is 0.225 e. The van der Waals surface area contributed by atoms with Crippen molar-refractivity contribution in [3.05, 3.63) is 41.2 Å². The molecular weight excluding hydrogens is 305 g/mol. The van der Waals surface area contributed by atoms with Gasteiger partial charge in [-0.15, -0.1) is 0 Å². The first-order valence-corrected chi connectivity index (χ1v) is 7.90. The first-order valence-electron chi connectivity index (χ1n) is 7.90. The normalized spacial score (nSPS) is 14.5. The number of hydrogen-bond donors (Lipinski definition) is 2. The number of benzene rings is 1. The number of carbonyl (C=O) groups is 1. The maximum Gasteiger partial charge on any atom is 0.225 e. The first-order chi connectivity index (χ1) is 11.1. The molecule has 3 nitrogen and oxygen atoms in total. The van der Waals surface area contributed by atoms with Crippen LogP contribution >= 0.6 is 0 Å². The van der Waals surface area contributed by atoms with Gasteiger partial charge in [0.25, 0.3) is 0 Å². The highest BCUT2D eigenvalue weighted by molar-refractivity contribution is 5.90. The van der Waals surface area contributed by atoms with Crippen molar-refractivity contribution in [2.75, 3.05) is 18.4 Å².